The number of halogens is 2. The minimum absolute atomic E-state index is 0.0458. The number of nitrogens with zero attached hydrogens (tertiary/aromatic N) is 6. The molecule has 1 fully saturated rings. The molecule has 6 rings (SSSR count). The molecule has 8 nitrogen and oxygen atoms in total. The van der Waals surface area contributed by atoms with Crippen molar-refractivity contribution in [2.75, 3.05) is 16.8 Å². The fourth-order valence-corrected chi connectivity index (χ4v) is 3.79. The van der Waals surface area contributed by atoms with Crippen molar-refractivity contribution in [1.29, 1.82) is 0 Å². The summed E-state index contributed by atoms with van der Waals surface area (Å²) in [7, 11) is 0. The van der Waals surface area contributed by atoms with Crippen molar-refractivity contribution in [3.8, 4) is 11.8 Å². The zero-order valence-electron chi connectivity index (χ0n) is 15.9. The molecule has 1 aromatic carbocycles. The number of ether oxygens (including phenoxy) is 1. The third-order valence-electron chi connectivity index (χ3n) is 4.99. The number of anilines is 2. The van der Waals surface area contributed by atoms with Gasteiger partial charge in [-0.15, -0.1) is 5.10 Å². The summed E-state index contributed by atoms with van der Waals surface area (Å²) in [6.45, 7) is 2.76. The molecule has 0 spiro atoms. The van der Waals surface area contributed by atoms with E-state index in [0.717, 1.165) is 30.0 Å². The van der Waals surface area contributed by atoms with E-state index in [9.17, 15) is 4.39 Å². The van der Waals surface area contributed by atoms with Crippen molar-refractivity contribution in [2.45, 2.75) is 13.0 Å². The Balaban J connectivity index is 1.34. The number of hydrogen-bond acceptors (Lipinski definition) is 7. The number of aryl methyl sites for hydroxylation is 1. The SMILES string of the molecule is Cc1cc(N2CC3C=C2C3Nc2nc(Oc3cccc(Cl)c3)n(/C=C/F)n2)ncn1. The quantitative estimate of drug-likeness (QED) is 0.638. The first-order chi connectivity index (χ1) is 14.6. The summed E-state index contributed by atoms with van der Waals surface area (Å²) in [5.41, 5.74) is 2.02. The van der Waals surface area contributed by atoms with Gasteiger partial charge in [-0.05, 0) is 25.1 Å². The van der Waals surface area contributed by atoms with Gasteiger partial charge in [-0.25, -0.2) is 14.4 Å². The normalized spacial score (nSPS) is 19.7. The lowest BCUT2D eigenvalue weighted by atomic mass is 9.91. The van der Waals surface area contributed by atoms with E-state index in [4.69, 9.17) is 16.3 Å². The lowest BCUT2D eigenvalue weighted by Crippen LogP contribution is -2.34. The van der Waals surface area contributed by atoms with Crippen molar-refractivity contribution >= 4 is 29.6 Å². The molecule has 2 unspecified atom stereocenters. The van der Waals surface area contributed by atoms with E-state index in [0.29, 0.717) is 29.0 Å². The third-order valence-corrected chi connectivity index (χ3v) is 5.23. The van der Waals surface area contributed by atoms with Crippen LogP contribution in [0.5, 0.6) is 11.8 Å². The van der Waals surface area contributed by atoms with Crippen LogP contribution >= 0.6 is 11.6 Å². The van der Waals surface area contributed by atoms with Gasteiger partial charge in [0.25, 0.3) is 0 Å². The van der Waals surface area contributed by atoms with Crippen LogP contribution in [0.1, 0.15) is 5.69 Å². The van der Waals surface area contributed by atoms with Crippen LogP contribution in [0.2, 0.25) is 5.02 Å². The Morgan fingerprint density at radius 3 is 3.00 bits per heavy atom. The molecule has 3 aromatic rings. The first-order valence-corrected chi connectivity index (χ1v) is 9.70. The molecule has 30 heavy (non-hydrogen) atoms. The van der Waals surface area contributed by atoms with E-state index in [2.05, 4.69) is 36.3 Å². The Hall–Kier alpha value is -3.46. The highest BCUT2D eigenvalue weighted by Crippen LogP contribution is 2.42. The van der Waals surface area contributed by atoms with Crippen LogP contribution in [0, 0.1) is 12.8 Å². The Bertz CT molecular complexity index is 1160. The van der Waals surface area contributed by atoms with E-state index >= 15 is 0 Å². The van der Waals surface area contributed by atoms with E-state index in [-0.39, 0.29) is 12.1 Å². The summed E-state index contributed by atoms with van der Waals surface area (Å²) in [5.74, 6) is 1.98. The molecule has 1 saturated heterocycles. The highest BCUT2D eigenvalue weighted by molar-refractivity contribution is 6.30. The maximum atomic E-state index is 12.8. The molecule has 10 heteroatoms. The largest absolute Gasteiger partial charge is 0.424 e. The van der Waals surface area contributed by atoms with Crippen LogP contribution < -0.4 is 15.0 Å². The average molecular weight is 426 g/mol. The second-order valence-electron chi connectivity index (χ2n) is 7.00. The maximum Gasteiger partial charge on any atom is 0.326 e. The maximum absolute atomic E-state index is 12.8. The second-order valence-corrected chi connectivity index (χ2v) is 7.44. The smallest absolute Gasteiger partial charge is 0.326 e. The molecule has 3 aliphatic rings. The zero-order valence-corrected chi connectivity index (χ0v) is 16.7. The van der Waals surface area contributed by atoms with Gasteiger partial charge in [0.15, 0.2) is 0 Å². The van der Waals surface area contributed by atoms with Gasteiger partial charge in [0, 0.05) is 34.9 Å². The molecule has 0 amide bonds. The molecule has 0 radical (unpaired) electrons. The molecule has 1 N–H and O–H groups in total. The molecule has 1 aliphatic carbocycles. The van der Waals surface area contributed by atoms with E-state index in [1.165, 1.54) is 4.68 Å². The third kappa shape index (κ3) is 3.37. The molecule has 2 aliphatic heterocycles. The van der Waals surface area contributed by atoms with Crippen LogP contribution in [-0.4, -0.2) is 37.3 Å². The van der Waals surface area contributed by atoms with Gasteiger partial charge in [0.2, 0.25) is 5.95 Å². The van der Waals surface area contributed by atoms with Crippen molar-refractivity contribution in [3.05, 3.63) is 65.5 Å². The average Bonchev–Trinajstić information content (AvgIpc) is 3.41. The molecule has 2 atom stereocenters. The van der Waals surface area contributed by atoms with Crippen LogP contribution in [0.4, 0.5) is 16.2 Å². The highest BCUT2D eigenvalue weighted by atomic mass is 35.5. The van der Waals surface area contributed by atoms with Gasteiger partial charge >= 0.3 is 6.01 Å². The second kappa shape index (κ2) is 7.42. The summed E-state index contributed by atoms with van der Waals surface area (Å²) in [4.78, 5) is 15.0. The number of fused-ring (bicyclic) bond motifs is 1. The van der Waals surface area contributed by atoms with Gasteiger partial charge < -0.3 is 15.0 Å². The van der Waals surface area contributed by atoms with Gasteiger partial charge in [-0.2, -0.15) is 9.67 Å². The molecular formula is C20H17ClFN7O. The van der Waals surface area contributed by atoms with Gasteiger partial charge in [-0.1, -0.05) is 23.7 Å². The zero-order chi connectivity index (χ0) is 20.7. The van der Waals surface area contributed by atoms with Crippen LogP contribution in [0.25, 0.3) is 6.20 Å². The van der Waals surface area contributed by atoms with E-state index in [1.54, 1.807) is 30.6 Å². The summed E-state index contributed by atoms with van der Waals surface area (Å²) in [6.07, 6.45) is 5.26. The van der Waals surface area contributed by atoms with Crippen molar-refractivity contribution < 1.29 is 9.13 Å². The first kappa shape index (κ1) is 18.6. The standard InChI is InChI=1S/C20H17ClFN7O/c1-12-7-17(24-11-23-12)28-10-13-8-16(28)18(13)25-19-26-20(29(27-19)6-5-22)30-15-4-2-3-14(21)9-15/h2-9,11,13,18H,10H2,1H3,(H,25,27)/b6-5+. The summed E-state index contributed by atoms with van der Waals surface area (Å²) in [5, 5.41) is 8.12. The highest BCUT2D eigenvalue weighted by Gasteiger charge is 2.45. The van der Waals surface area contributed by atoms with E-state index < -0.39 is 0 Å². The Kier molecular flexibility index (Phi) is 4.59. The molecule has 0 saturated carbocycles. The topological polar surface area (TPSA) is 81.0 Å². The lowest BCUT2D eigenvalue weighted by Gasteiger charge is -2.27. The number of nitrogens with one attached hydrogen (secondary N) is 1. The lowest BCUT2D eigenvalue weighted by molar-refractivity contribution is 0.431. The van der Waals surface area contributed by atoms with Crippen LogP contribution in [0.15, 0.2) is 54.8 Å². The molecule has 4 heterocycles. The minimum atomic E-state index is 0.0458. The molecule has 2 bridgehead atoms. The molecule has 2 aromatic heterocycles. The Morgan fingerprint density at radius 1 is 1.30 bits per heavy atom. The predicted octanol–water partition coefficient (Wildman–Crippen LogP) is 4.03. The Morgan fingerprint density at radius 2 is 2.20 bits per heavy atom. The predicted molar refractivity (Wildman–Crippen MR) is 111 cm³/mol. The number of rotatable bonds is 6. The van der Waals surface area contributed by atoms with Gasteiger partial charge in [-0.3, -0.25) is 0 Å². The summed E-state index contributed by atoms with van der Waals surface area (Å²) < 4.78 is 19.8. The minimum Gasteiger partial charge on any atom is -0.424 e. The van der Waals surface area contributed by atoms with Crippen molar-refractivity contribution in [3.63, 3.8) is 0 Å². The molecule has 152 valence electrons. The number of hydrogen-bond donors (Lipinski definition) is 1. The molecular weight excluding hydrogens is 409 g/mol. The summed E-state index contributed by atoms with van der Waals surface area (Å²) >= 11 is 6.00. The first-order valence-electron chi connectivity index (χ1n) is 9.32. The van der Waals surface area contributed by atoms with Crippen molar-refractivity contribution in [2.24, 2.45) is 5.92 Å². The number of aromatic nitrogens is 5. The van der Waals surface area contributed by atoms with Gasteiger partial charge in [0.1, 0.15) is 24.2 Å². The fourth-order valence-electron chi connectivity index (χ4n) is 3.61. The summed E-state index contributed by atoms with van der Waals surface area (Å²) in [6, 6.07) is 8.99. The van der Waals surface area contributed by atoms with Crippen LogP contribution in [-0.2, 0) is 0 Å². The number of benzene rings is 1. The monoisotopic (exact) mass is 425 g/mol. The van der Waals surface area contributed by atoms with Gasteiger partial charge in [0.05, 0.1) is 12.2 Å². The van der Waals surface area contributed by atoms with Crippen molar-refractivity contribution in [1.82, 2.24) is 24.7 Å². The van der Waals surface area contributed by atoms with E-state index in [1.807, 2.05) is 13.0 Å². The fraction of sp³-hybridized carbons (Fsp3) is 0.200. The Labute approximate surface area is 176 Å². The van der Waals surface area contributed by atoms with Crippen LogP contribution in [0.3, 0.4) is 0 Å².